The van der Waals surface area contributed by atoms with Crippen LogP contribution in [0.2, 0.25) is 5.02 Å². The molecule has 3 aromatic heterocycles. The summed E-state index contributed by atoms with van der Waals surface area (Å²) in [6.07, 6.45) is 7.99. The minimum atomic E-state index is -1.03. The van der Waals surface area contributed by atoms with E-state index in [2.05, 4.69) is 21.3 Å². The molecule has 0 bridgehead atoms. The van der Waals surface area contributed by atoms with Crippen LogP contribution in [-0.4, -0.2) is 93.1 Å². The van der Waals surface area contributed by atoms with Gasteiger partial charge in [0.2, 0.25) is 6.54 Å². The number of aromatic nitrogens is 4. The minimum Gasteiger partial charge on any atom is -0.461 e. The van der Waals surface area contributed by atoms with E-state index < -0.39 is 17.8 Å². The number of fused-ring (bicyclic) bond motifs is 3. The molecule has 1 aromatic carbocycles. The van der Waals surface area contributed by atoms with Gasteiger partial charge in [0.25, 0.3) is 5.91 Å². The number of rotatable bonds is 7. The standard InChI is InChI=1S/C33H32ClFN8O2/c1-21(35)31(44)43-15-14-41(19-23(43)17-36-2)30-24-8-9-27(25-18-37-16-22-6-3-7-26(34)28(22)25)38-29(24)39-32(40-30)45-20-33-10-4-12-42(33)13-5-11-33/h3,6-9,16,18,23H,1,4-5,10-15,17,19-20H2/t23-/m0/s1. The van der Waals surface area contributed by atoms with Crippen LogP contribution >= 0.6 is 11.6 Å². The highest BCUT2D eigenvalue weighted by Crippen LogP contribution is 2.40. The van der Waals surface area contributed by atoms with Gasteiger partial charge in [-0.1, -0.05) is 30.3 Å². The third kappa shape index (κ3) is 5.32. The lowest BCUT2D eigenvalue weighted by Gasteiger charge is -2.39. The number of benzene rings is 1. The molecule has 0 radical (unpaired) electrons. The van der Waals surface area contributed by atoms with Crippen LogP contribution < -0.4 is 9.64 Å². The number of hydrogen-bond acceptors (Lipinski definition) is 8. The molecule has 3 saturated heterocycles. The van der Waals surface area contributed by atoms with E-state index >= 15 is 0 Å². The first-order valence-electron chi connectivity index (χ1n) is 15.2. The molecule has 3 fully saturated rings. The SMILES string of the molecule is [C-]#[N+]C[C@H]1CN(c2nc(OCC34CCCN3CCC4)nc3nc(-c4cncc5cccc(Cl)c45)ccc23)CCN1C(=O)C(=C)F. The van der Waals surface area contributed by atoms with E-state index in [9.17, 15) is 9.18 Å². The minimum absolute atomic E-state index is 0.000599. The molecule has 6 heterocycles. The molecular formula is C33H32ClFN8O2. The van der Waals surface area contributed by atoms with Gasteiger partial charge in [-0.25, -0.2) is 15.9 Å². The zero-order valence-corrected chi connectivity index (χ0v) is 25.5. The van der Waals surface area contributed by atoms with Crippen molar-refractivity contribution in [2.45, 2.75) is 37.3 Å². The molecule has 0 saturated carbocycles. The highest BCUT2D eigenvalue weighted by Gasteiger charge is 2.45. The lowest BCUT2D eigenvalue weighted by Crippen LogP contribution is -2.56. The van der Waals surface area contributed by atoms with Crippen molar-refractivity contribution in [1.82, 2.24) is 29.7 Å². The van der Waals surface area contributed by atoms with Gasteiger partial charge in [-0.15, -0.1) is 0 Å². The van der Waals surface area contributed by atoms with E-state index in [1.165, 1.54) is 4.90 Å². The number of carbonyl (C=O) groups excluding carboxylic acids is 1. The molecule has 3 aliphatic rings. The van der Waals surface area contributed by atoms with E-state index in [1.54, 1.807) is 12.4 Å². The molecule has 3 aliphatic heterocycles. The second kappa shape index (κ2) is 11.8. The summed E-state index contributed by atoms with van der Waals surface area (Å²) in [5, 5.41) is 3.06. The van der Waals surface area contributed by atoms with Crippen LogP contribution in [0.3, 0.4) is 0 Å². The highest BCUT2D eigenvalue weighted by atomic mass is 35.5. The normalized spacial score (nSPS) is 19.5. The maximum absolute atomic E-state index is 13.8. The van der Waals surface area contributed by atoms with Gasteiger partial charge in [-0.2, -0.15) is 9.97 Å². The number of anilines is 1. The third-order valence-corrected chi connectivity index (χ3v) is 9.70. The van der Waals surface area contributed by atoms with Crippen LogP contribution in [0.25, 0.3) is 37.9 Å². The van der Waals surface area contributed by atoms with Crippen LogP contribution in [0.1, 0.15) is 25.7 Å². The average Bonchev–Trinajstić information content (AvgIpc) is 3.63. The number of ether oxygens (including phenoxy) is 1. The van der Waals surface area contributed by atoms with Crippen molar-refractivity contribution >= 4 is 45.1 Å². The van der Waals surface area contributed by atoms with E-state index in [0.29, 0.717) is 40.7 Å². The quantitative estimate of drug-likeness (QED) is 0.201. The molecule has 1 amide bonds. The van der Waals surface area contributed by atoms with Crippen molar-refractivity contribution in [1.29, 1.82) is 0 Å². The van der Waals surface area contributed by atoms with Crippen molar-refractivity contribution in [3.8, 4) is 17.3 Å². The van der Waals surface area contributed by atoms with Gasteiger partial charge in [0.1, 0.15) is 18.5 Å². The summed E-state index contributed by atoms with van der Waals surface area (Å²) in [7, 11) is 0. The Morgan fingerprint density at radius 2 is 1.93 bits per heavy atom. The third-order valence-electron chi connectivity index (χ3n) is 9.39. The Morgan fingerprint density at radius 3 is 2.71 bits per heavy atom. The first-order valence-corrected chi connectivity index (χ1v) is 15.6. The van der Waals surface area contributed by atoms with Crippen LogP contribution in [-0.2, 0) is 4.79 Å². The molecule has 0 spiro atoms. The summed E-state index contributed by atoms with van der Waals surface area (Å²) in [5.74, 6) is -1.23. The number of carbonyl (C=O) groups is 1. The highest BCUT2D eigenvalue weighted by molar-refractivity contribution is 6.36. The second-order valence-electron chi connectivity index (χ2n) is 12.0. The van der Waals surface area contributed by atoms with Gasteiger partial charge < -0.3 is 19.4 Å². The van der Waals surface area contributed by atoms with Gasteiger partial charge in [0.15, 0.2) is 11.5 Å². The predicted octanol–water partition coefficient (Wildman–Crippen LogP) is 5.32. The fourth-order valence-corrected chi connectivity index (χ4v) is 7.49. The monoisotopic (exact) mass is 626 g/mol. The Hall–Kier alpha value is -4.40. The molecular weight excluding hydrogens is 595 g/mol. The summed E-state index contributed by atoms with van der Waals surface area (Å²) in [6, 6.07) is 9.20. The summed E-state index contributed by atoms with van der Waals surface area (Å²) < 4.78 is 20.2. The van der Waals surface area contributed by atoms with E-state index in [0.717, 1.165) is 55.1 Å². The maximum atomic E-state index is 13.8. The molecule has 12 heteroatoms. The first kappa shape index (κ1) is 29.3. The molecule has 230 valence electrons. The van der Waals surface area contributed by atoms with Crippen molar-refractivity contribution in [3.63, 3.8) is 0 Å². The number of halogens is 2. The molecule has 7 rings (SSSR count). The number of nitrogens with zero attached hydrogens (tertiary/aromatic N) is 8. The number of amides is 1. The zero-order valence-electron chi connectivity index (χ0n) is 24.8. The van der Waals surface area contributed by atoms with Crippen LogP contribution in [0.5, 0.6) is 6.01 Å². The molecule has 0 N–H and O–H groups in total. The van der Waals surface area contributed by atoms with E-state index in [1.807, 2.05) is 35.2 Å². The molecule has 45 heavy (non-hydrogen) atoms. The van der Waals surface area contributed by atoms with Gasteiger partial charge in [-0.3, -0.25) is 14.7 Å². The summed E-state index contributed by atoms with van der Waals surface area (Å²) in [6.45, 7) is 14.2. The largest absolute Gasteiger partial charge is 0.461 e. The Kier molecular flexibility index (Phi) is 7.71. The smallest absolute Gasteiger partial charge is 0.320 e. The molecule has 1 atom stereocenters. The van der Waals surface area contributed by atoms with Gasteiger partial charge in [0.05, 0.1) is 16.6 Å². The van der Waals surface area contributed by atoms with E-state index in [4.69, 9.17) is 37.9 Å². The second-order valence-corrected chi connectivity index (χ2v) is 12.4. The fourth-order valence-electron chi connectivity index (χ4n) is 7.21. The first-order chi connectivity index (χ1) is 21.9. The summed E-state index contributed by atoms with van der Waals surface area (Å²) in [4.78, 5) is 41.1. The van der Waals surface area contributed by atoms with Gasteiger partial charge in [-0.05, 0) is 57.0 Å². The van der Waals surface area contributed by atoms with E-state index in [-0.39, 0.29) is 31.2 Å². The van der Waals surface area contributed by atoms with Crippen LogP contribution in [0.15, 0.2) is 55.1 Å². The van der Waals surface area contributed by atoms with Gasteiger partial charge >= 0.3 is 6.01 Å². The summed E-state index contributed by atoms with van der Waals surface area (Å²) in [5.41, 5.74) is 1.88. The average molecular weight is 627 g/mol. The summed E-state index contributed by atoms with van der Waals surface area (Å²) >= 11 is 6.63. The Morgan fingerprint density at radius 1 is 1.11 bits per heavy atom. The van der Waals surface area contributed by atoms with Crippen LogP contribution in [0.4, 0.5) is 10.2 Å². The maximum Gasteiger partial charge on any atom is 0.320 e. The Labute approximate surface area is 265 Å². The van der Waals surface area contributed by atoms with Crippen molar-refractivity contribution < 1.29 is 13.9 Å². The molecule has 10 nitrogen and oxygen atoms in total. The lowest BCUT2D eigenvalue weighted by molar-refractivity contribution is -0.131. The zero-order chi connectivity index (χ0) is 31.1. The number of hydrogen-bond donors (Lipinski definition) is 0. The molecule has 0 aliphatic carbocycles. The fraction of sp³-hybridized carbons (Fsp3) is 0.394. The number of pyridine rings is 2. The van der Waals surface area contributed by atoms with Crippen molar-refractivity contribution in [2.75, 3.05) is 50.8 Å². The molecule has 0 unspecified atom stereocenters. The van der Waals surface area contributed by atoms with Crippen molar-refractivity contribution in [2.24, 2.45) is 0 Å². The van der Waals surface area contributed by atoms with Crippen molar-refractivity contribution in [3.05, 3.63) is 71.6 Å². The molecule has 4 aromatic rings. The van der Waals surface area contributed by atoms with Crippen LogP contribution in [0, 0.1) is 6.57 Å². The number of piperazine rings is 1. The topological polar surface area (TPSA) is 91.9 Å². The Bertz CT molecular complexity index is 1850. The predicted molar refractivity (Wildman–Crippen MR) is 171 cm³/mol. The lowest BCUT2D eigenvalue weighted by atomic mass is 9.95. The Balaban J connectivity index is 1.30. The van der Waals surface area contributed by atoms with Gasteiger partial charge in [0, 0.05) is 53.4 Å².